The number of rotatable bonds is 4. The highest BCUT2D eigenvalue weighted by Gasteiger charge is 2.11. The third-order valence-corrected chi connectivity index (χ3v) is 3.47. The van der Waals surface area contributed by atoms with Crippen LogP contribution in [0.4, 0.5) is 16.2 Å². The van der Waals surface area contributed by atoms with Crippen LogP contribution >= 0.6 is 0 Å². The molecule has 0 radical (unpaired) electrons. The maximum atomic E-state index is 11.1. The van der Waals surface area contributed by atoms with Crippen LogP contribution in [-0.4, -0.2) is 22.1 Å². The minimum absolute atomic E-state index is 0.103. The largest absolute Gasteiger partial charge is 0.399 e. The van der Waals surface area contributed by atoms with E-state index in [1.807, 2.05) is 48.5 Å². The molecule has 1 aromatic heterocycles. The average Bonchev–Trinajstić information content (AvgIpc) is 2.98. The van der Waals surface area contributed by atoms with E-state index in [0.29, 0.717) is 12.0 Å². The van der Waals surface area contributed by atoms with Crippen molar-refractivity contribution in [1.29, 1.82) is 0 Å². The van der Waals surface area contributed by atoms with Gasteiger partial charge in [0, 0.05) is 5.69 Å². The number of nitrogen functional groups attached to an aromatic ring is 1. The summed E-state index contributed by atoms with van der Waals surface area (Å²) in [6.45, 7) is 0. The number of urea groups is 1. The first-order valence-electron chi connectivity index (χ1n) is 7.14. The minimum Gasteiger partial charge on any atom is -0.399 e. The van der Waals surface area contributed by atoms with E-state index in [-0.39, 0.29) is 11.4 Å². The number of hydrogen-bond donors (Lipinski definition) is 3. The van der Waals surface area contributed by atoms with Crippen molar-refractivity contribution in [3.63, 3.8) is 0 Å². The molecule has 1 heterocycles. The predicted octanol–water partition coefficient (Wildman–Crippen LogP) is 2.42. The van der Waals surface area contributed by atoms with E-state index in [1.165, 1.54) is 10.9 Å². The number of carbonyl (C=O) groups excluding carboxylic acids is 2. The maximum Gasteiger partial charge on any atom is 0.316 e. The molecular weight excluding hydrogens is 306 g/mol. The Morgan fingerprint density at radius 3 is 2.54 bits per heavy atom. The van der Waals surface area contributed by atoms with Crippen molar-refractivity contribution < 1.29 is 9.59 Å². The predicted molar refractivity (Wildman–Crippen MR) is 92.0 cm³/mol. The highest BCUT2D eigenvalue weighted by molar-refractivity contribution is 5.93. The number of hydrogen-bond acceptors (Lipinski definition) is 4. The van der Waals surface area contributed by atoms with Gasteiger partial charge in [0.15, 0.2) is 6.29 Å². The molecule has 0 saturated carbocycles. The van der Waals surface area contributed by atoms with Gasteiger partial charge in [0.05, 0.1) is 17.6 Å². The molecule has 3 rings (SSSR count). The van der Waals surface area contributed by atoms with Gasteiger partial charge in [-0.25, -0.2) is 9.48 Å². The highest BCUT2D eigenvalue weighted by atomic mass is 16.2. The lowest BCUT2D eigenvalue weighted by molar-refractivity contribution is 0.111. The van der Waals surface area contributed by atoms with Gasteiger partial charge in [-0.05, 0) is 35.4 Å². The number of benzene rings is 2. The number of anilines is 2. The summed E-state index contributed by atoms with van der Waals surface area (Å²) in [5, 5.41) is 6.54. The van der Waals surface area contributed by atoms with Gasteiger partial charge in [0.1, 0.15) is 5.69 Å². The van der Waals surface area contributed by atoms with Crippen LogP contribution in [0, 0.1) is 0 Å². The molecule has 3 aromatic rings. The molecule has 2 amide bonds. The lowest BCUT2D eigenvalue weighted by atomic mass is 10.0. The number of carbonyl (C=O) groups is 2. The molecular formula is C17H15N5O2. The first-order chi connectivity index (χ1) is 11.6. The number of nitrogens with one attached hydrogen (secondary N) is 1. The molecule has 2 aromatic carbocycles. The Morgan fingerprint density at radius 1 is 1.12 bits per heavy atom. The molecule has 120 valence electrons. The van der Waals surface area contributed by atoms with E-state index >= 15 is 0 Å². The Hall–Kier alpha value is -3.61. The van der Waals surface area contributed by atoms with E-state index < -0.39 is 6.03 Å². The topological polar surface area (TPSA) is 116 Å². The molecule has 7 nitrogen and oxygen atoms in total. The number of aromatic nitrogens is 2. The van der Waals surface area contributed by atoms with Crippen LogP contribution in [0.3, 0.4) is 0 Å². The summed E-state index contributed by atoms with van der Waals surface area (Å²) >= 11 is 0. The summed E-state index contributed by atoms with van der Waals surface area (Å²) in [4.78, 5) is 22.1. The smallest absolute Gasteiger partial charge is 0.316 e. The SMILES string of the molecule is NC(=O)Nc1cn(-c2cccc(-c3ccc(N)cc3)c2)nc1C=O. The summed E-state index contributed by atoms with van der Waals surface area (Å²) in [7, 11) is 0. The minimum atomic E-state index is -0.756. The van der Waals surface area contributed by atoms with Crippen molar-refractivity contribution in [1.82, 2.24) is 9.78 Å². The van der Waals surface area contributed by atoms with Crippen molar-refractivity contribution >= 4 is 23.7 Å². The highest BCUT2D eigenvalue weighted by Crippen LogP contribution is 2.24. The summed E-state index contributed by atoms with van der Waals surface area (Å²) in [5.74, 6) is 0. The number of nitrogens with two attached hydrogens (primary N) is 2. The third-order valence-electron chi connectivity index (χ3n) is 3.47. The second kappa shape index (κ2) is 6.25. The zero-order chi connectivity index (χ0) is 17.1. The molecule has 0 bridgehead atoms. The number of amides is 2. The van der Waals surface area contributed by atoms with Gasteiger partial charge in [-0.3, -0.25) is 4.79 Å². The fourth-order valence-corrected chi connectivity index (χ4v) is 2.34. The Balaban J connectivity index is 1.99. The van der Waals surface area contributed by atoms with Crippen LogP contribution in [0.25, 0.3) is 16.8 Å². The second-order valence-corrected chi connectivity index (χ2v) is 5.15. The molecule has 0 unspecified atom stereocenters. The normalized spacial score (nSPS) is 10.3. The van der Waals surface area contributed by atoms with Crippen molar-refractivity contribution in [3.8, 4) is 16.8 Å². The Kier molecular flexibility index (Phi) is 3.98. The Labute approximate surface area is 137 Å². The number of primary amides is 1. The van der Waals surface area contributed by atoms with Crippen LogP contribution in [0.5, 0.6) is 0 Å². The van der Waals surface area contributed by atoms with Gasteiger partial charge < -0.3 is 16.8 Å². The quantitative estimate of drug-likeness (QED) is 0.505. The van der Waals surface area contributed by atoms with Gasteiger partial charge >= 0.3 is 6.03 Å². The Bertz CT molecular complexity index is 900. The lowest BCUT2D eigenvalue weighted by Crippen LogP contribution is -2.19. The average molecular weight is 321 g/mol. The molecule has 0 atom stereocenters. The van der Waals surface area contributed by atoms with Crippen LogP contribution in [0.1, 0.15) is 10.5 Å². The van der Waals surface area contributed by atoms with Crippen molar-refractivity contribution in [2.45, 2.75) is 0 Å². The second-order valence-electron chi connectivity index (χ2n) is 5.15. The van der Waals surface area contributed by atoms with Crippen LogP contribution in [-0.2, 0) is 0 Å². The van der Waals surface area contributed by atoms with Gasteiger partial charge in [0.25, 0.3) is 0 Å². The molecule has 0 aliphatic carbocycles. The first kappa shape index (κ1) is 15.3. The monoisotopic (exact) mass is 321 g/mol. The maximum absolute atomic E-state index is 11.1. The summed E-state index contributed by atoms with van der Waals surface area (Å²) in [6, 6.07) is 14.4. The Morgan fingerprint density at radius 2 is 1.88 bits per heavy atom. The van der Waals surface area contributed by atoms with Crippen LogP contribution in [0.15, 0.2) is 54.7 Å². The van der Waals surface area contributed by atoms with E-state index in [0.717, 1.165) is 16.8 Å². The number of aldehydes is 1. The molecule has 0 aliphatic heterocycles. The molecule has 24 heavy (non-hydrogen) atoms. The van der Waals surface area contributed by atoms with Gasteiger partial charge in [-0.1, -0.05) is 24.3 Å². The van der Waals surface area contributed by atoms with E-state index in [1.54, 1.807) is 0 Å². The number of nitrogens with zero attached hydrogens (tertiary/aromatic N) is 2. The first-order valence-corrected chi connectivity index (χ1v) is 7.14. The zero-order valence-corrected chi connectivity index (χ0v) is 12.6. The molecule has 5 N–H and O–H groups in total. The fourth-order valence-electron chi connectivity index (χ4n) is 2.34. The van der Waals surface area contributed by atoms with E-state index in [9.17, 15) is 9.59 Å². The zero-order valence-electron chi connectivity index (χ0n) is 12.6. The van der Waals surface area contributed by atoms with Gasteiger partial charge in [-0.15, -0.1) is 0 Å². The van der Waals surface area contributed by atoms with Crippen molar-refractivity contribution in [2.75, 3.05) is 11.1 Å². The van der Waals surface area contributed by atoms with E-state index in [4.69, 9.17) is 11.5 Å². The van der Waals surface area contributed by atoms with Gasteiger partial charge in [0.2, 0.25) is 0 Å². The van der Waals surface area contributed by atoms with Crippen molar-refractivity contribution in [3.05, 3.63) is 60.4 Å². The van der Waals surface area contributed by atoms with Crippen LogP contribution < -0.4 is 16.8 Å². The summed E-state index contributed by atoms with van der Waals surface area (Å²) in [5.41, 5.74) is 14.6. The van der Waals surface area contributed by atoms with Gasteiger partial charge in [-0.2, -0.15) is 5.10 Å². The summed E-state index contributed by atoms with van der Waals surface area (Å²) in [6.07, 6.45) is 2.10. The standard InChI is InChI=1S/C17H15N5O2/c18-13-6-4-11(5-7-13)12-2-1-3-14(8-12)22-9-15(20-17(19)24)16(10-23)21-22/h1-10H,18H2,(H3,19,20,24). The fraction of sp³-hybridized carbons (Fsp3) is 0. The molecule has 0 spiro atoms. The van der Waals surface area contributed by atoms with E-state index in [2.05, 4.69) is 10.4 Å². The van der Waals surface area contributed by atoms with Crippen LogP contribution in [0.2, 0.25) is 0 Å². The lowest BCUT2D eigenvalue weighted by Gasteiger charge is -2.06. The third kappa shape index (κ3) is 3.09. The summed E-state index contributed by atoms with van der Waals surface area (Å²) < 4.78 is 1.51. The molecule has 0 aliphatic rings. The molecule has 7 heteroatoms. The molecule has 0 saturated heterocycles. The molecule has 0 fully saturated rings. The van der Waals surface area contributed by atoms with Crippen molar-refractivity contribution in [2.24, 2.45) is 5.73 Å².